The summed E-state index contributed by atoms with van der Waals surface area (Å²) in [5.41, 5.74) is 6.33. The zero-order valence-corrected chi connectivity index (χ0v) is 13.7. The maximum absolute atomic E-state index is 6.33. The lowest BCUT2D eigenvalue weighted by atomic mass is 9.74. The molecule has 0 aromatic heterocycles. The predicted molar refractivity (Wildman–Crippen MR) is 84.3 cm³/mol. The molecule has 1 rings (SSSR count). The molecule has 0 bridgehead atoms. The topological polar surface area (TPSA) is 32.5 Å². The first-order chi connectivity index (χ1) is 8.90. The van der Waals surface area contributed by atoms with Crippen molar-refractivity contribution in [2.45, 2.75) is 45.6 Å². The summed E-state index contributed by atoms with van der Waals surface area (Å²) >= 11 is 0. The van der Waals surface area contributed by atoms with Crippen LogP contribution in [0.15, 0.2) is 0 Å². The summed E-state index contributed by atoms with van der Waals surface area (Å²) < 4.78 is 0. The molecule has 1 saturated carbocycles. The van der Waals surface area contributed by atoms with E-state index in [0.29, 0.717) is 12.0 Å². The maximum Gasteiger partial charge on any atom is 0.00795 e. The number of nitrogens with two attached hydrogens (primary N) is 1. The van der Waals surface area contributed by atoms with Crippen molar-refractivity contribution in [3.8, 4) is 0 Å². The average molecular weight is 269 g/mol. The lowest BCUT2D eigenvalue weighted by Crippen LogP contribution is -2.43. The lowest BCUT2D eigenvalue weighted by molar-refractivity contribution is 0.147. The molecule has 3 unspecified atom stereocenters. The van der Waals surface area contributed by atoms with E-state index in [0.717, 1.165) is 11.8 Å². The second-order valence-corrected chi connectivity index (χ2v) is 7.16. The third-order valence-corrected chi connectivity index (χ3v) is 4.72. The van der Waals surface area contributed by atoms with Gasteiger partial charge in [-0.05, 0) is 77.7 Å². The highest BCUT2D eigenvalue weighted by Gasteiger charge is 2.30. The normalized spacial score (nSPS) is 28.6. The van der Waals surface area contributed by atoms with Crippen molar-refractivity contribution in [2.75, 3.05) is 40.8 Å². The minimum atomic E-state index is 0.422. The zero-order chi connectivity index (χ0) is 14.4. The van der Waals surface area contributed by atoms with Crippen LogP contribution in [0.25, 0.3) is 0 Å². The molecule has 0 spiro atoms. The molecule has 0 amide bonds. The molecular weight excluding hydrogens is 234 g/mol. The Bertz CT molecular complexity index is 240. The number of nitrogens with zero attached hydrogens (tertiary/aromatic N) is 2. The van der Waals surface area contributed by atoms with Crippen LogP contribution in [0.5, 0.6) is 0 Å². The minimum absolute atomic E-state index is 0.422. The third-order valence-electron chi connectivity index (χ3n) is 4.72. The fourth-order valence-corrected chi connectivity index (χ4v) is 3.29. The molecule has 0 aromatic carbocycles. The maximum atomic E-state index is 6.33. The first-order valence-corrected chi connectivity index (χ1v) is 7.99. The Balaban J connectivity index is 2.32. The van der Waals surface area contributed by atoms with Crippen LogP contribution in [0.4, 0.5) is 0 Å². The fraction of sp³-hybridized carbons (Fsp3) is 1.00. The van der Waals surface area contributed by atoms with E-state index < -0.39 is 0 Å². The second-order valence-electron chi connectivity index (χ2n) is 7.16. The van der Waals surface area contributed by atoms with Crippen molar-refractivity contribution in [3.05, 3.63) is 0 Å². The highest BCUT2D eigenvalue weighted by Crippen LogP contribution is 2.33. The van der Waals surface area contributed by atoms with E-state index in [9.17, 15) is 0 Å². The Morgan fingerprint density at radius 2 is 1.79 bits per heavy atom. The van der Waals surface area contributed by atoms with E-state index in [1.807, 2.05) is 0 Å². The standard InChI is InChI=1S/C16H35N3/c1-13(2)14-7-8-16(17)15(11-14)12-19(5)10-6-9-18(3)4/h13-16H,6-12,17H2,1-5H3. The summed E-state index contributed by atoms with van der Waals surface area (Å²) in [7, 11) is 6.54. The Morgan fingerprint density at radius 1 is 1.11 bits per heavy atom. The van der Waals surface area contributed by atoms with E-state index in [2.05, 4.69) is 44.8 Å². The molecule has 1 fully saturated rings. The summed E-state index contributed by atoms with van der Waals surface area (Å²) in [4.78, 5) is 4.74. The van der Waals surface area contributed by atoms with Crippen LogP contribution in [-0.4, -0.2) is 56.6 Å². The highest BCUT2D eigenvalue weighted by atomic mass is 15.1. The van der Waals surface area contributed by atoms with Crippen molar-refractivity contribution in [3.63, 3.8) is 0 Å². The molecule has 3 nitrogen and oxygen atoms in total. The summed E-state index contributed by atoms with van der Waals surface area (Å²) in [6.07, 6.45) is 5.13. The molecule has 0 aromatic rings. The molecule has 1 aliphatic carbocycles. The van der Waals surface area contributed by atoms with E-state index in [-0.39, 0.29) is 0 Å². The molecule has 19 heavy (non-hydrogen) atoms. The van der Waals surface area contributed by atoms with Crippen LogP contribution >= 0.6 is 0 Å². The third kappa shape index (κ3) is 6.24. The predicted octanol–water partition coefficient (Wildman–Crippen LogP) is 2.27. The van der Waals surface area contributed by atoms with Gasteiger partial charge in [0.15, 0.2) is 0 Å². The number of hydrogen-bond acceptors (Lipinski definition) is 3. The van der Waals surface area contributed by atoms with Crippen molar-refractivity contribution in [2.24, 2.45) is 23.5 Å². The van der Waals surface area contributed by atoms with E-state index in [1.165, 1.54) is 45.3 Å². The second kappa shape index (κ2) is 8.23. The number of hydrogen-bond donors (Lipinski definition) is 1. The molecule has 114 valence electrons. The Morgan fingerprint density at radius 3 is 2.37 bits per heavy atom. The van der Waals surface area contributed by atoms with Gasteiger partial charge in [-0.15, -0.1) is 0 Å². The number of rotatable bonds is 7. The first-order valence-electron chi connectivity index (χ1n) is 7.99. The van der Waals surface area contributed by atoms with Crippen molar-refractivity contribution < 1.29 is 0 Å². The molecule has 0 radical (unpaired) electrons. The lowest BCUT2D eigenvalue weighted by Gasteiger charge is -2.38. The molecule has 3 atom stereocenters. The summed E-state index contributed by atoms with van der Waals surface area (Å²) in [5, 5.41) is 0. The van der Waals surface area contributed by atoms with Crippen LogP contribution in [0.2, 0.25) is 0 Å². The van der Waals surface area contributed by atoms with Gasteiger partial charge in [-0.2, -0.15) is 0 Å². The van der Waals surface area contributed by atoms with Crippen LogP contribution in [0, 0.1) is 17.8 Å². The molecule has 0 aliphatic heterocycles. The molecular formula is C16H35N3. The van der Waals surface area contributed by atoms with Gasteiger partial charge in [-0.25, -0.2) is 0 Å². The molecule has 0 saturated heterocycles. The van der Waals surface area contributed by atoms with Crippen LogP contribution in [0.1, 0.15) is 39.5 Å². The Kier molecular flexibility index (Phi) is 7.33. The van der Waals surface area contributed by atoms with Gasteiger partial charge in [-0.3, -0.25) is 0 Å². The summed E-state index contributed by atoms with van der Waals surface area (Å²) in [6, 6.07) is 0.422. The van der Waals surface area contributed by atoms with E-state index in [1.54, 1.807) is 0 Å². The smallest absolute Gasteiger partial charge is 0.00795 e. The first kappa shape index (κ1) is 16.9. The SMILES string of the molecule is CC(C)C1CCC(N)C(CN(C)CCCN(C)C)C1. The van der Waals surface area contributed by atoms with Crippen LogP contribution < -0.4 is 5.73 Å². The zero-order valence-electron chi connectivity index (χ0n) is 13.7. The van der Waals surface area contributed by atoms with Gasteiger partial charge < -0.3 is 15.5 Å². The average Bonchev–Trinajstić information content (AvgIpc) is 2.31. The fourth-order valence-electron chi connectivity index (χ4n) is 3.29. The van der Waals surface area contributed by atoms with Crippen molar-refractivity contribution in [1.29, 1.82) is 0 Å². The summed E-state index contributed by atoms with van der Waals surface area (Å²) in [6.45, 7) is 8.26. The molecule has 0 heterocycles. The van der Waals surface area contributed by atoms with Gasteiger partial charge in [0.05, 0.1) is 0 Å². The van der Waals surface area contributed by atoms with Gasteiger partial charge in [0.1, 0.15) is 0 Å². The largest absolute Gasteiger partial charge is 0.327 e. The molecule has 2 N–H and O–H groups in total. The molecule has 3 heteroatoms. The van der Waals surface area contributed by atoms with Crippen molar-refractivity contribution in [1.82, 2.24) is 9.80 Å². The highest BCUT2D eigenvalue weighted by molar-refractivity contribution is 4.85. The van der Waals surface area contributed by atoms with Gasteiger partial charge in [0, 0.05) is 12.6 Å². The van der Waals surface area contributed by atoms with Gasteiger partial charge in [-0.1, -0.05) is 13.8 Å². The monoisotopic (exact) mass is 269 g/mol. The van der Waals surface area contributed by atoms with Crippen LogP contribution in [0.3, 0.4) is 0 Å². The van der Waals surface area contributed by atoms with E-state index in [4.69, 9.17) is 5.73 Å². The van der Waals surface area contributed by atoms with Gasteiger partial charge in [0.2, 0.25) is 0 Å². The van der Waals surface area contributed by atoms with Crippen LogP contribution in [-0.2, 0) is 0 Å². The Hall–Kier alpha value is -0.120. The van der Waals surface area contributed by atoms with E-state index >= 15 is 0 Å². The minimum Gasteiger partial charge on any atom is -0.327 e. The van der Waals surface area contributed by atoms with Crippen molar-refractivity contribution >= 4 is 0 Å². The Labute approximate surface area is 120 Å². The molecule has 1 aliphatic rings. The van der Waals surface area contributed by atoms with Gasteiger partial charge >= 0.3 is 0 Å². The van der Waals surface area contributed by atoms with Gasteiger partial charge in [0.25, 0.3) is 0 Å². The summed E-state index contributed by atoms with van der Waals surface area (Å²) in [5.74, 6) is 2.40. The quantitative estimate of drug-likeness (QED) is 0.769.